The Balaban J connectivity index is 1.29. The Morgan fingerprint density at radius 2 is 1.64 bits per heavy atom. The number of hydrogen-bond donors (Lipinski definition) is 0. The molecule has 2 amide bonds. The summed E-state index contributed by atoms with van der Waals surface area (Å²) in [5, 5.41) is 5.00. The number of amides is 2. The van der Waals surface area contributed by atoms with Gasteiger partial charge in [-0.1, -0.05) is 24.6 Å². The highest BCUT2D eigenvalue weighted by Gasteiger charge is 2.27. The Morgan fingerprint density at radius 1 is 0.939 bits per heavy atom. The number of pyridine rings is 1. The van der Waals surface area contributed by atoms with Crippen LogP contribution in [0.4, 0.5) is 0 Å². The van der Waals surface area contributed by atoms with Crippen LogP contribution in [0.25, 0.3) is 5.52 Å². The molecule has 2 aromatic heterocycles. The van der Waals surface area contributed by atoms with Crippen molar-refractivity contribution in [2.75, 3.05) is 26.2 Å². The molecule has 2 aliphatic heterocycles. The molecular formula is C26H29ClN4O2. The van der Waals surface area contributed by atoms with Crippen molar-refractivity contribution in [1.29, 1.82) is 0 Å². The summed E-state index contributed by atoms with van der Waals surface area (Å²) in [6, 6.07) is 11.3. The summed E-state index contributed by atoms with van der Waals surface area (Å²) >= 11 is 6.06. The maximum atomic E-state index is 13.2. The van der Waals surface area contributed by atoms with Crippen LogP contribution < -0.4 is 0 Å². The zero-order valence-corrected chi connectivity index (χ0v) is 19.7. The number of nitrogens with zero attached hydrogens (tertiary/aromatic N) is 4. The molecule has 0 atom stereocenters. The van der Waals surface area contributed by atoms with Gasteiger partial charge in [-0.25, -0.2) is 4.52 Å². The Hall–Kier alpha value is -2.86. The molecule has 1 aromatic carbocycles. The van der Waals surface area contributed by atoms with Crippen molar-refractivity contribution >= 4 is 28.9 Å². The Morgan fingerprint density at radius 3 is 2.36 bits per heavy atom. The maximum Gasteiger partial charge on any atom is 0.257 e. The first-order valence-electron chi connectivity index (χ1n) is 11.8. The van der Waals surface area contributed by atoms with Gasteiger partial charge >= 0.3 is 0 Å². The average molecular weight is 465 g/mol. The topological polar surface area (TPSA) is 57.9 Å². The lowest BCUT2D eigenvalue weighted by molar-refractivity contribution is 0.0695. The molecule has 2 saturated heterocycles. The second-order valence-corrected chi connectivity index (χ2v) is 9.84. The van der Waals surface area contributed by atoms with Gasteiger partial charge in [-0.3, -0.25) is 9.59 Å². The standard InChI is InChI=1S/C26H29ClN4O2/c1-18-5-10-30(11-6-18)26(33)23-17-28-31-14-9-20(16-24(23)31)19-7-12-29(13-8-19)25(32)21-3-2-4-22(27)15-21/h2-4,9,14-19H,5-8,10-13H2,1H3. The lowest BCUT2D eigenvalue weighted by Crippen LogP contribution is -2.38. The molecule has 2 aliphatic rings. The second kappa shape index (κ2) is 9.18. The van der Waals surface area contributed by atoms with E-state index in [2.05, 4.69) is 24.2 Å². The van der Waals surface area contributed by atoms with Crippen LogP contribution in [0.2, 0.25) is 5.02 Å². The fourth-order valence-corrected chi connectivity index (χ4v) is 5.21. The molecular weight excluding hydrogens is 436 g/mol. The van der Waals surface area contributed by atoms with E-state index in [-0.39, 0.29) is 11.8 Å². The van der Waals surface area contributed by atoms with Gasteiger partial charge < -0.3 is 9.80 Å². The predicted molar refractivity (Wildman–Crippen MR) is 129 cm³/mol. The first-order chi connectivity index (χ1) is 16.0. The summed E-state index contributed by atoms with van der Waals surface area (Å²) in [5.74, 6) is 1.15. The van der Waals surface area contributed by atoms with E-state index in [0.29, 0.717) is 41.1 Å². The van der Waals surface area contributed by atoms with Crippen LogP contribution in [-0.2, 0) is 0 Å². The molecule has 4 heterocycles. The van der Waals surface area contributed by atoms with Crippen LogP contribution in [0, 0.1) is 5.92 Å². The maximum absolute atomic E-state index is 13.2. The summed E-state index contributed by atoms with van der Waals surface area (Å²) in [6.07, 6.45) is 7.55. The van der Waals surface area contributed by atoms with Crippen molar-refractivity contribution in [2.24, 2.45) is 5.92 Å². The number of fused-ring (bicyclic) bond motifs is 1. The Kier molecular flexibility index (Phi) is 6.11. The van der Waals surface area contributed by atoms with Crippen molar-refractivity contribution in [2.45, 2.75) is 38.5 Å². The minimum atomic E-state index is 0.0333. The van der Waals surface area contributed by atoms with Crippen LogP contribution in [0.1, 0.15) is 64.8 Å². The van der Waals surface area contributed by atoms with E-state index in [4.69, 9.17) is 11.6 Å². The van der Waals surface area contributed by atoms with Crippen molar-refractivity contribution in [1.82, 2.24) is 19.4 Å². The number of rotatable bonds is 3. The molecule has 0 bridgehead atoms. The first-order valence-corrected chi connectivity index (χ1v) is 12.2. The molecule has 2 fully saturated rings. The number of piperidine rings is 2. The number of likely N-dealkylation sites (tertiary alicyclic amines) is 2. The molecule has 0 N–H and O–H groups in total. The van der Waals surface area contributed by atoms with Gasteiger partial charge in [0.2, 0.25) is 0 Å². The molecule has 5 rings (SSSR count). The van der Waals surface area contributed by atoms with Gasteiger partial charge in [0.05, 0.1) is 17.3 Å². The predicted octanol–water partition coefficient (Wildman–Crippen LogP) is 4.88. The second-order valence-electron chi connectivity index (χ2n) is 9.40. The summed E-state index contributed by atoms with van der Waals surface area (Å²) in [6.45, 7) is 5.29. The summed E-state index contributed by atoms with van der Waals surface area (Å²) < 4.78 is 1.79. The van der Waals surface area contributed by atoms with Crippen molar-refractivity contribution in [3.8, 4) is 0 Å². The van der Waals surface area contributed by atoms with Gasteiger partial charge in [0.1, 0.15) is 0 Å². The number of aromatic nitrogens is 2. The van der Waals surface area contributed by atoms with E-state index in [1.807, 2.05) is 28.1 Å². The Labute approximate surface area is 199 Å². The van der Waals surface area contributed by atoms with Gasteiger partial charge in [-0.2, -0.15) is 5.10 Å². The Bertz CT molecular complexity index is 1170. The van der Waals surface area contributed by atoms with Crippen molar-refractivity contribution in [3.05, 3.63) is 70.5 Å². The van der Waals surface area contributed by atoms with Crippen LogP contribution in [0.15, 0.2) is 48.8 Å². The van der Waals surface area contributed by atoms with E-state index in [1.165, 1.54) is 5.56 Å². The zero-order chi connectivity index (χ0) is 22.9. The summed E-state index contributed by atoms with van der Waals surface area (Å²) in [7, 11) is 0. The van der Waals surface area contributed by atoms with Crippen molar-refractivity contribution < 1.29 is 9.59 Å². The number of carbonyl (C=O) groups is 2. The molecule has 172 valence electrons. The third-order valence-corrected chi connectivity index (χ3v) is 7.41. The molecule has 6 nitrogen and oxygen atoms in total. The smallest absolute Gasteiger partial charge is 0.257 e. The minimum absolute atomic E-state index is 0.0333. The highest BCUT2D eigenvalue weighted by atomic mass is 35.5. The fraction of sp³-hybridized carbons (Fsp3) is 0.423. The molecule has 33 heavy (non-hydrogen) atoms. The van der Waals surface area contributed by atoms with Gasteiger partial charge in [0.25, 0.3) is 11.8 Å². The average Bonchev–Trinajstić information content (AvgIpc) is 3.27. The monoisotopic (exact) mass is 464 g/mol. The number of carbonyl (C=O) groups excluding carboxylic acids is 2. The summed E-state index contributed by atoms with van der Waals surface area (Å²) in [4.78, 5) is 29.9. The van der Waals surface area contributed by atoms with E-state index in [1.54, 1.807) is 22.8 Å². The molecule has 0 radical (unpaired) electrons. The van der Waals surface area contributed by atoms with Gasteiger partial charge in [-0.05, 0) is 73.4 Å². The number of benzene rings is 1. The van der Waals surface area contributed by atoms with Gasteiger partial charge in [0.15, 0.2) is 0 Å². The highest BCUT2D eigenvalue weighted by molar-refractivity contribution is 6.30. The fourth-order valence-electron chi connectivity index (χ4n) is 5.02. The molecule has 7 heteroatoms. The molecule has 0 unspecified atom stereocenters. The lowest BCUT2D eigenvalue weighted by Gasteiger charge is -2.32. The van der Waals surface area contributed by atoms with Gasteiger partial charge in [0, 0.05) is 43.0 Å². The molecule has 3 aromatic rings. The summed E-state index contributed by atoms with van der Waals surface area (Å²) in [5.41, 5.74) is 3.39. The van der Waals surface area contributed by atoms with Crippen molar-refractivity contribution in [3.63, 3.8) is 0 Å². The molecule has 0 aliphatic carbocycles. The number of hydrogen-bond acceptors (Lipinski definition) is 3. The SMILES string of the molecule is CC1CCN(C(=O)c2cnn3ccc(C4CCN(C(=O)c5cccc(Cl)c5)CC4)cc23)CC1. The van der Waals surface area contributed by atoms with Gasteiger partial charge in [-0.15, -0.1) is 0 Å². The van der Waals surface area contributed by atoms with E-state index < -0.39 is 0 Å². The zero-order valence-electron chi connectivity index (χ0n) is 18.9. The van der Waals surface area contributed by atoms with Crippen LogP contribution >= 0.6 is 11.6 Å². The number of halogens is 1. The third kappa shape index (κ3) is 4.49. The highest BCUT2D eigenvalue weighted by Crippen LogP contribution is 2.30. The molecule has 0 saturated carbocycles. The van der Waals surface area contributed by atoms with Crippen LogP contribution in [0.3, 0.4) is 0 Å². The quantitative estimate of drug-likeness (QED) is 0.555. The molecule has 0 spiro atoms. The van der Waals surface area contributed by atoms with Crippen LogP contribution in [0.5, 0.6) is 0 Å². The third-order valence-electron chi connectivity index (χ3n) is 7.17. The van der Waals surface area contributed by atoms with E-state index >= 15 is 0 Å². The first kappa shape index (κ1) is 22.0. The normalized spacial score (nSPS) is 18.1. The minimum Gasteiger partial charge on any atom is -0.339 e. The largest absolute Gasteiger partial charge is 0.339 e. The van der Waals surface area contributed by atoms with Crippen LogP contribution in [-0.4, -0.2) is 57.4 Å². The van der Waals surface area contributed by atoms with E-state index in [9.17, 15) is 9.59 Å². The van der Waals surface area contributed by atoms with E-state index in [0.717, 1.165) is 44.3 Å². The lowest BCUT2D eigenvalue weighted by atomic mass is 9.89.